The number of carbonyl (C=O) groups is 1. The molecule has 1 aliphatic rings. The van der Waals surface area contributed by atoms with Crippen molar-refractivity contribution < 1.29 is 9.53 Å². The monoisotopic (exact) mass is 410 g/mol. The Morgan fingerprint density at radius 2 is 1.55 bits per heavy atom. The molecule has 5 rings (SSSR count). The lowest BCUT2D eigenvalue weighted by Gasteiger charge is -2.35. The molecule has 1 atom stereocenters. The van der Waals surface area contributed by atoms with Gasteiger partial charge in [-0.25, -0.2) is 0 Å². The zero-order chi connectivity index (χ0) is 21.0. The van der Waals surface area contributed by atoms with Crippen LogP contribution in [0.2, 0.25) is 0 Å². The summed E-state index contributed by atoms with van der Waals surface area (Å²) >= 11 is 0. The van der Waals surface area contributed by atoms with E-state index in [1.807, 2.05) is 36.4 Å². The molecule has 4 aromatic rings. The highest BCUT2D eigenvalue weighted by atomic mass is 16.5. The molecule has 4 nitrogen and oxygen atoms in total. The molecule has 1 saturated heterocycles. The number of benzene rings is 4. The van der Waals surface area contributed by atoms with Gasteiger partial charge in [-0.2, -0.15) is 0 Å². The molecule has 4 aromatic carbocycles. The molecule has 4 heteroatoms. The van der Waals surface area contributed by atoms with Gasteiger partial charge in [-0.05, 0) is 39.2 Å². The van der Waals surface area contributed by atoms with Crippen LogP contribution in [0, 0.1) is 0 Å². The van der Waals surface area contributed by atoms with Crippen LogP contribution in [0.25, 0.3) is 21.5 Å². The zero-order valence-corrected chi connectivity index (χ0v) is 17.5. The molecule has 1 heterocycles. The second-order valence-corrected chi connectivity index (χ2v) is 8.00. The normalized spacial score (nSPS) is 15.7. The van der Waals surface area contributed by atoms with Gasteiger partial charge in [-0.15, -0.1) is 0 Å². The van der Waals surface area contributed by atoms with E-state index in [9.17, 15) is 4.79 Å². The summed E-state index contributed by atoms with van der Waals surface area (Å²) in [4.78, 5) is 15.4. The number of fused-ring (bicyclic) bond motifs is 2. The lowest BCUT2D eigenvalue weighted by atomic mass is 9.97. The molecule has 31 heavy (non-hydrogen) atoms. The summed E-state index contributed by atoms with van der Waals surface area (Å²) < 4.78 is 5.58. The van der Waals surface area contributed by atoms with Crippen molar-refractivity contribution in [1.82, 2.24) is 10.2 Å². The molecular weight excluding hydrogens is 384 g/mol. The van der Waals surface area contributed by atoms with Crippen molar-refractivity contribution in [2.75, 3.05) is 32.8 Å². The first-order valence-corrected chi connectivity index (χ1v) is 10.9. The van der Waals surface area contributed by atoms with Gasteiger partial charge in [0.2, 0.25) is 0 Å². The van der Waals surface area contributed by atoms with Crippen LogP contribution in [-0.4, -0.2) is 43.7 Å². The Kier molecular flexibility index (Phi) is 5.65. The fourth-order valence-corrected chi connectivity index (χ4v) is 4.49. The smallest absolute Gasteiger partial charge is 0.251 e. The average Bonchev–Trinajstić information content (AvgIpc) is 2.84. The number of nitrogens with one attached hydrogen (secondary N) is 1. The van der Waals surface area contributed by atoms with Crippen LogP contribution in [-0.2, 0) is 4.74 Å². The van der Waals surface area contributed by atoms with E-state index in [0.717, 1.165) is 37.1 Å². The van der Waals surface area contributed by atoms with E-state index in [4.69, 9.17) is 4.74 Å². The van der Waals surface area contributed by atoms with Gasteiger partial charge >= 0.3 is 0 Å². The second kappa shape index (κ2) is 8.88. The van der Waals surface area contributed by atoms with Crippen LogP contribution in [0.1, 0.15) is 22.0 Å². The van der Waals surface area contributed by atoms with Crippen molar-refractivity contribution in [2.24, 2.45) is 0 Å². The van der Waals surface area contributed by atoms with Gasteiger partial charge in [0.05, 0.1) is 19.3 Å². The average molecular weight is 411 g/mol. The van der Waals surface area contributed by atoms with Crippen LogP contribution < -0.4 is 5.32 Å². The Hall–Kier alpha value is -3.21. The lowest BCUT2D eigenvalue weighted by Crippen LogP contribution is -2.43. The number of nitrogens with zero attached hydrogens (tertiary/aromatic N) is 1. The third kappa shape index (κ3) is 4.18. The Balaban J connectivity index is 1.42. The molecule has 0 unspecified atom stereocenters. The number of carbonyl (C=O) groups excluding carboxylic acids is 1. The van der Waals surface area contributed by atoms with Crippen LogP contribution in [0.15, 0.2) is 84.9 Å². The number of amides is 1. The summed E-state index contributed by atoms with van der Waals surface area (Å²) in [7, 11) is 0. The molecule has 0 aliphatic carbocycles. The maximum atomic E-state index is 13.0. The third-order valence-corrected chi connectivity index (χ3v) is 6.14. The van der Waals surface area contributed by atoms with Gasteiger partial charge < -0.3 is 10.1 Å². The Morgan fingerprint density at radius 1 is 0.839 bits per heavy atom. The fourth-order valence-electron chi connectivity index (χ4n) is 4.49. The first-order valence-electron chi connectivity index (χ1n) is 10.9. The maximum absolute atomic E-state index is 13.0. The van der Waals surface area contributed by atoms with E-state index in [1.54, 1.807) is 0 Å². The first kappa shape index (κ1) is 19.7. The third-order valence-electron chi connectivity index (χ3n) is 6.14. The van der Waals surface area contributed by atoms with E-state index in [1.165, 1.54) is 16.3 Å². The van der Waals surface area contributed by atoms with Gasteiger partial charge in [0, 0.05) is 25.2 Å². The zero-order valence-electron chi connectivity index (χ0n) is 17.5. The van der Waals surface area contributed by atoms with Crippen molar-refractivity contribution in [3.05, 3.63) is 96.1 Å². The molecule has 0 spiro atoms. The highest BCUT2D eigenvalue weighted by Crippen LogP contribution is 2.29. The van der Waals surface area contributed by atoms with Crippen molar-refractivity contribution in [3.63, 3.8) is 0 Å². The van der Waals surface area contributed by atoms with Crippen molar-refractivity contribution >= 4 is 27.5 Å². The molecular formula is C27H26N2O2. The fraction of sp³-hybridized carbons (Fsp3) is 0.222. The summed E-state index contributed by atoms with van der Waals surface area (Å²) in [6, 6.07) is 29.0. The van der Waals surface area contributed by atoms with Crippen LogP contribution in [0.5, 0.6) is 0 Å². The van der Waals surface area contributed by atoms with Crippen molar-refractivity contribution in [2.45, 2.75) is 6.04 Å². The van der Waals surface area contributed by atoms with Gasteiger partial charge in [-0.1, -0.05) is 72.8 Å². The van der Waals surface area contributed by atoms with Crippen LogP contribution in [0.4, 0.5) is 0 Å². The minimum Gasteiger partial charge on any atom is -0.379 e. The maximum Gasteiger partial charge on any atom is 0.251 e. The molecule has 0 bridgehead atoms. The predicted octanol–water partition coefficient (Wildman–Crippen LogP) is 4.80. The Bertz CT molecular complexity index is 1210. The number of rotatable bonds is 5. The predicted molar refractivity (Wildman–Crippen MR) is 125 cm³/mol. The van der Waals surface area contributed by atoms with Gasteiger partial charge in [0.15, 0.2) is 0 Å². The van der Waals surface area contributed by atoms with Gasteiger partial charge in [-0.3, -0.25) is 9.69 Å². The lowest BCUT2D eigenvalue weighted by molar-refractivity contribution is 0.0165. The molecule has 1 N–H and O–H groups in total. The molecule has 1 aliphatic heterocycles. The standard InChI is InChI=1S/C27H26N2O2/c30-27(23-13-12-20-6-1-2-8-22(20)18-23)28-19-26(29-14-16-31-17-15-29)25-11-5-9-21-7-3-4-10-24(21)25/h1-13,18,26H,14-17,19H2,(H,28,30)/t26-/m1/s1. The number of morpholine rings is 1. The van der Waals surface area contributed by atoms with E-state index >= 15 is 0 Å². The minimum atomic E-state index is -0.0377. The molecule has 0 saturated carbocycles. The summed E-state index contributed by atoms with van der Waals surface area (Å²) in [5.41, 5.74) is 1.94. The largest absolute Gasteiger partial charge is 0.379 e. The number of ether oxygens (including phenoxy) is 1. The summed E-state index contributed by atoms with van der Waals surface area (Å²) in [6.07, 6.45) is 0. The molecule has 1 amide bonds. The number of hydrogen-bond acceptors (Lipinski definition) is 3. The number of hydrogen-bond donors (Lipinski definition) is 1. The first-order chi connectivity index (χ1) is 15.3. The Labute approximate surface area is 182 Å². The van der Waals surface area contributed by atoms with E-state index < -0.39 is 0 Å². The molecule has 0 aromatic heterocycles. The summed E-state index contributed by atoms with van der Waals surface area (Å²) in [5, 5.41) is 7.88. The molecule has 1 fully saturated rings. The summed E-state index contributed by atoms with van der Waals surface area (Å²) in [6.45, 7) is 3.72. The van der Waals surface area contributed by atoms with Crippen LogP contribution >= 0.6 is 0 Å². The minimum absolute atomic E-state index is 0.0377. The highest BCUT2D eigenvalue weighted by Gasteiger charge is 2.24. The topological polar surface area (TPSA) is 41.6 Å². The summed E-state index contributed by atoms with van der Waals surface area (Å²) in [5.74, 6) is -0.0377. The van der Waals surface area contributed by atoms with E-state index in [2.05, 4.69) is 58.7 Å². The SMILES string of the molecule is O=C(NC[C@H](c1cccc2ccccc12)N1CCOCC1)c1ccc2ccccc2c1. The highest BCUT2D eigenvalue weighted by molar-refractivity contribution is 5.98. The van der Waals surface area contributed by atoms with Crippen molar-refractivity contribution in [1.29, 1.82) is 0 Å². The molecule has 156 valence electrons. The van der Waals surface area contributed by atoms with Gasteiger partial charge in [0.1, 0.15) is 0 Å². The Morgan fingerprint density at radius 3 is 2.39 bits per heavy atom. The second-order valence-electron chi connectivity index (χ2n) is 8.00. The van der Waals surface area contributed by atoms with Crippen LogP contribution in [0.3, 0.4) is 0 Å². The van der Waals surface area contributed by atoms with Gasteiger partial charge in [0.25, 0.3) is 5.91 Å². The van der Waals surface area contributed by atoms with E-state index in [0.29, 0.717) is 12.1 Å². The molecule has 0 radical (unpaired) electrons. The van der Waals surface area contributed by atoms with E-state index in [-0.39, 0.29) is 11.9 Å². The quantitative estimate of drug-likeness (QED) is 0.514. The van der Waals surface area contributed by atoms with Crippen molar-refractivity contribution in [3.8, 4) is 0 Å².